The van der Waals surface area contributed by atoms with Crippen LogP contribution in [0.25, 0.3) is 0 Å². The van der Waals surface area contributed by atoms with E-state index in [2.05, 4.69) is 5.32 Å². The highest BCUT2D eigenvalue weighted by molar-refractivity contribution is 6.31. The van der Waals surface area contributed by atoms with Crippen LogP contribution in [0.2, 0.25) is 5.02 Å². The van der Waals surface area contributed by atoms with Gasteiger partial charge >= 0.3 is 6.03 Å². The van der Waals surface area contributed by atoms with Crippen molar-refractivity contribution in [1.82, 2.24) is 10.2 Å². The first-order valence-electron chi connectivity index (χ1n) is 7.04. The van der Waals surface area contributed by atoms with Crippen LogP contribution in [-0.2, 0) is 10.3 Å². The van der Waals surface area contributed by atoms with Gasteiger partial charge in [-0.1, -0.05) is 29.8 Å². The van der Waals surface area contributed by atoms with Gasteiger partial charge in [0.25, 0.3) is 5.91 Å². The molecule has 6 nitrogen and oxygen atoms in total. The molecule has 0 saturated carbocycles. The Bertz CT molecular complexity index is 746. The molecule has 1 aromatic heterocycles. The number of nitrogens with one attached hydrogen (secondary N) is 1. The molecule has 0 aliphatic carbocycles. The Morgan fingerprint density at radius 1 is 1.30 bits per heavy atom. The third kappa shape index (κ3) is 2.60. The number of aliphatic hydroxyl groups excluding tert-OH is 1. The van der Waals surface area contributed by atoms with Crippen molar-refractivity contribution in [2.75, 3.05) is 6.54 Å². The predicted molar refractivity (Wildman–Crippen MR) is 82.7 cm³/mol. The second kappa shape index (κ2) is 5.72. The highest BCUT2D eigenvalue weighted by Crippen LogP contribution is 2.31. The minimum atomic E-state index is -1.28. The fourth-order valence-electron chi connectivity index (χ4n) is 2.61. The first-order chi connectivity index (χ1) is 10.9. The molecule has 2 atom stereocenters. The van der Waals surface area contributed by atoms with E-state index in [-0.39, 0.29) is 6.54 Å². The molecule has 2 aromatic rings. The van der Waals surface area contributed by atoms with Crippen molar-refractivity contribution in [3.63, 3.8) is 0 Å². The number of carbonyl (C=O) groups excluding carboxylic acids is 2. The summed E-state index contributed by atoms with van der Waals surface area (Å²) in [6.07, 6.45) is 0.360. The third-order valence-electron chi connectivity index (χ3n) is 3.91. The van der Waals surface area contributed by atoms with Gasteiger partial charge in [-0.25, -0.2) is 4.79 Å². The van der Waals surface area contributed by atoms with E-state index < -0.39 is 23.6 Å². The molecule has 0 radical (unpaired) electrons. The molecular weight excluding hydrogens is 320 g/mol. The maximum Gasteiger partial charge on any atom is 0.325 e. The van der Waals surface area contributed by atoms with Gasteiger partial charge in [-0.05, 0) is 25.1 Å². The number of furan rings is 1. The molecule has 3 rings (SSSR count). The van der Waals surface area contributed by atoms with Gasteiger partial charge in [0.2, 0.25) is 0 Å². The van der Waals surface area contributed by atoms with Crippen LogP contribution < -0.4 is 5.32 Å². The molecule has 0 unspecified atom stereocenters. The first kappa shape index (κ1) is 15.6. The Morgan fingerprint density at radius 2 is 2.04 bits per heavy atom. The monoisotopic (exact) mass is 334 g/mol. The second-order valence-electron chi connectivity index (χ2n) is 5.49. The summed E-state index contributed by atoms with van der Waals surface area (Å²) in [7, 11) is 0. The quantitative estimate of drug-likeness (QED) is 0.841. The van der Waals surface area contributed by atoms with Crippen molar-refractivity contribution in [2.45, 2.75) is 18.6 Å². The Kier molecular flexibility index (Phi) is 3.87. The Balaban J connectivity index is 1.83. The SMILES string of the molecule is C[C@]1(c2ccco2)NC(=O)N(C[C@@H](O)c2ccccc2Cl)C1=O. The highest BCUT2D eigenvalue weighted by atomic mass is 35.5. The number of hydrogen-bond acceptors (Lipinski definition) is 4. The van der Waals surface area contributed by atoms with E-state index in [1.807, 2.05) is 0 Å². The lowest BCUT2D eigenvalue weighted by molar-refractivity contribution is -0.132. The zero-order valence-electron chi connectivity index (χ0n) is 12.3. The smallest absolute Gasteiger partial charge is 0.325 e. The van der Waals surface area contributed by atoms with Gasteiger partial charge in [-0.3, -0.25) is 9.69 Å². The van der Waals surface area contributed by atoms with Crippen molar-refractivity contribution < 1.29 is 19.1 Å². The number of aliphatic hydroxyl groups is 1. The molecule has 2 heterocycles. The van der Waals surface area contributed by atoms with Crippen LogP contribution in [0.4, 0.5) is 4.79 Å². The Morgan fingerprint density at radius 3 is 2.70 bits per heavy atom. The van der Waals surface area contributed by atoms with Gasteiger partial charge in [0.05, 0.1) is 18.9 Å². The van der Waals surface area contributed by atoms with Crippen molar-refractivity contribution in [3.8, 4) is 0 Å². The molecule has 7 heteroatoms. The largest absolute Gasteiger partial charge is 0.466 e. The number of rotatable bonds is 4. The van der Waals surface area contributed by atoms with Crippen LogP contribution in [0.1, 0.15) is 24.4 Å². The number of amides is 3. The number of nitrogens with zero attached hydrogens (tertiary/aromatic N) is 1. The van der Waals surface area contributed by atoms with E-state index in [4.69, 9.17) is 16.0 Å². The highest BCUT2D eigenvalue weighted by Gasteiger charge is 2.51. The van der Waals surface area contributed by atoms with Crippen LogP contribution in [0, 0.1) is 0 Å². The van der Waals surface area contributed by atoms with Gasteiger partial charge < -0.3 is 14.8 Å². The average Bonchev–Trinajstić information content (AvgIpc) is 3.12. The molecule has 2 N–H and O–H groups in total. The molecule has 1 fully saturated rings. The molecule has 1 aromatic carbocycles. The zero-order chi connectivity index (χ0) is 16.6. The second-order valence-corrected chi connectivity index (χ2v) is 5.89. The summed E-state index contributed by atoms with van der Waals surface area (Å²) in [5.74, 6) is -0.144. The van der Waals surface area contributed by atoms with Gasteiger partial charge in [0.15, 0.2) is 5.54 Å². The topological polar surface area (TPSA) is 82.8 Å². The fourth-order valence-corrected chi connectivity index (χ4v) is 2.87. The predicted octanol–water partition coefficient (Wildman–Crippen LogP) is 2.43. The molecule has 23 heavy (non-hydrogen) atoms. The number of urea groups is 1. The van der Waals surface area contributed by atoms with Gasteiger partial charge in [-0.2, -0.15) is 0 Å². The molecule has 1 aliphatic heterocycles. The van der Waals surface area contributed by atoms with Gasteiger partial charge in [-0.15, -0.1) is 0 Å². The molecule has 1 saturated heterocycles. The van der Waals surface area contributed by atoms with Crippen LogP contribution in [0.5, 0.6) is 0 Å². The van der Waals surface area contributed by atoms with Gasteiger partial charge in [0, 0.05) is 10.6 Å². The number of β-amino-alcohol motifs (C(OH)–C–C–N with tert-alkyl or cyclic N) is 1. The lowest BCUT2D eigenvalue weighted by Gasteiger charge is -2.21. The maximum atomic E-state index is 12.6. The van der Waals surface area contributed by atoms with Crippen molar-refractivity contribution >= 4 is 23.5 Å². The summed E-state index contributed by atoms with van der Waals surface area (Å²) in [4.78, 5) is 25.8. The van der Waals surface area contributed by atoms with E-state index in [0.717, 1.165) is 4.90 Å². The number of carbonyl (C=O) groups is 2. The number of hydrogen-bond donors (Lipinski definition) is 2. The average molecular weight is 335 g/mol. The van der Waals surface area contributed by atoms with E-state index in [1.54, 1.807) is 43.3 Å². The minimum Gasteiger partial charge on any atom is -0.466 e. The summed E-state index contributed by atoms with van der Waals surface area (Å²) in [5, 5.41) is 13.3. The van der Waals surface area contributed by atoms with E-state index in [9.17, 15) is 14.7 Å². The summed E-state index contributed by atoms with van der Waals surface area (Å²) in [6, 6.07) is 9.42. The molecule has 3 amide bonds. The zero-order valence-corrected chi connectivity index (χ0v) is 13.1. The molecule has 0 bridgehead atoms. The van der Waals surface area contributed by atoms with Crippen molar-refractivity contribution in [3.05, 3.63) is 59.0 Å². The third-order valence-corrected chi connectivity index (χ3v) is 4.25. The first-order valence-corrected chi connectivity index (χ1v) is 7.42. The summed E-state index contributed by atoms with van der Waals surface area (Å²) in [5.41, 5.74) is -0.817. The van der Waals surface area contributed by atoms with Crippen LogP contribution in [0.15, 0.2) is 47.1 Å². The van der Waals surface area contributed by atoms with E-state index in [1.165, 1.54) is 6.26 Å². The van der Waals surface area contributed by atoms with Crippen molar-refractivity contribution in [1.29, 1.82) is 0 Å². The van der Waals surface area contributed by atoms with Crippen LogP contribution in [0.3, 0.4) is 0 Å². The normalized spacial score (nSPS) is 22.3. The van der Waals surface area contributed by atoms with Crippen LogP contribution in [-0.4, -0.2) is 28.5 Å². The summed E-state index contributed by atoms with van der Waals surface area (Å²) < 4.78 is 5.25. The maximum absolute atomic E-state index is 12.6. The standard InChI is InChI=1S/C16H15ClN2O4/c1-16(13-7-4-8-23-13)14(21)19(15(22)18-16)9-12(20)10-5-2-3-6-11(10)17/h2-8,12,20H,9H2,1H3,(H,18,22)/t12-,16-/m1/s1. The number of imide groups is 1. The lowest BCUT2D eigenvalue weighted by Crippen LogP contribution is -2.41. The van der Waals surface area contributed by atoms with Crippen molar-refractivity contribution in [2.24, 2.45) is 0 Å². The Hall–Kier alpha value is -2.31. The number of halogens is 1. The number of benzene rings is 1. The minimum absolute atomic E-state index is 0.190. The van der Waals surface area contributed by atoms with E-state index >= 15 is 0 Å². The molecule has 0 spiro atoms. The van der Waals surface area contributed by atoms with Crippen LogP contribution >= 0.6 is 11.6 Å². The lowest BCUT2D eigenvalue weighted by atomic mass is 9.99. The molecule has 1 aliphatic rings. The summed E-state index contributed by atoms with van der Waals surface area (Å²) in [6.45, 7) is 1.37. The fraction of sp³-hybridized carbons (Fsp3) is 0.250. The van der Waals surface area contributed by atoms with E-state index in [0.29, 0.717) is 16.3 Å². The molecule has 120 valence electrons. The summed E-state index contributed by atoms with van der Waals surface area (Å²) >= 11 is 6.04. The van der Waals surface area contributed by atoms with Gasteiger partial charge in [0.1, 0.15) is 5.76 Å². The molecular formula is C16H15ClN2O4. The Labute approximate surface area is 137 Å².